The van der Waals surface area contributed by atoms with Crippen LogP contribution < -0.4 is 11.1 Å². The van der Waals surface area contributed by atoms with Crippen molar-refractivity contribution in [1.82, 2.24) is 5.32 Å². The van der Waals surface area contributed by atoms with Crippen molar-refractivity contribution in [2.45, 2.75) is 31.8 Å². The van der Waals surface area contributed by atoms with Gasteiger partial charge in [0.2, 0.25) is 0 Å². The Labute approximate surface area is 108 Å². The molecule has 2 unspecified atom stereocenters. The summed E-state index contributed by atoms with van der Waals surface area (Å²) in [5, 5.41) is 6.07. The van der Waals surface area contributed by atoms with E-state index in [9.17, 15) is 0 Å². The average Bonchev–Trinajstić information content (AvgIpc) is 2.91. The van der Waals surface area contributed by atoms with E-state index in [4.69, 9.17) is 5.73 Å². The third kappa shape index (κ3) is 2.14. The topological polar surface area (TPSA) is 38.0 Å². The number of fused-ring (bicyclic) bond motifs is 1. The minimum absolute atomic E-state index is 0.109. The van der Waals surface area contributed by atoms with Crippen molar-refractivity contribution in [2.24, 2.45) is 5.73 Å². The Morgan fingerprint density at radius 2 is 1.94 bits per heavy atom. The zero-order chi connectivity index (χ0) is 12.5. The van der Waals surface area contributed by atoms with Crippen LogP contribution in [0.5, 0.6) is 0 Å². The van der Waals surface area contributed by atoms with Crippen molar-refractivity contribution in [2.75, 3.05) is 6.54 Å². The molecular formula is C16H20N2. The van der Waals surface area contributed by atoms with Crippen LogP contribution >= 0.6 is 0 Å². The van der Waals surface area contributed by atoms with Gasteiger partial charge in [-0.2, -0.15) is 0 Å². The third-order valence-electron chi connectivity index (χ3n) is 3.94. The van der Waals surface area contributed by atoms with Crippen LogP contribution in [0, 0.1) is 6.92 Å². The Morgan fingerprint density at radius 1 is 1.17 bits per heavy atom. The van der Waals surface area contributed by atoms with Gasteiger partial charge in [0.05, 0.1) is 0 Å². The van der Waals surface area contributed by atoms with E-state index < -0.39 is 0 Å². The molecule has 1 aliphatic heterocycles. The van der Waals surface area contributed by atoms with Gasteiger partial charge in [-0.05, 0) is 48.7 Å². The van der Waals surface area contributed by atoms with Gasteiger partial charge in [0.25, 0.3) is 0 Å². The number of nitrogens with one attached hydrogen (secondary N) is 1. The van der Waals surface area contributed by atoms with Crippen molar-refractivity contribution >= 4 is 10.8 Å². The summed E-state index contributed by atoms with van der Waals surface area (Å²) in [4.78, 5) is 0. The fourth-order valence-electron chi connectivity index (χ4n) is 2.84. The van der Waals surface area contributed by atoms with Crippen LogP contribution in [0.2, 0.25) is 0 Å². The van der Waals surface area contributed by atoms with Crippen LogP contribution in [0.25, 0.3) is 10.8 Å². The molecule has 0 amide bonds. The second-order valence-electron chi connectivity index (χ2n) is 5.34. The number of benzene rings is 2. The Bertz CT molecular complexity index is 556. The van der Waals surface area contributed by atoms with Gasteiger partial charge in [-0.1, -0.05) is 35.9 Å². The molecule has 0 radical (unpaired) electrons. The molecule has 0 saturated carbocycles. The van der Waals surface area contributed by atoms with Gasteiger partial charge >= 0.3 is 0 Å². The molecule has 0 bridgehead atoms. The number of rotatable bonds is 2. The zero-order valence-electron chi connectivity index (χ0n) is 10.8. The van der Waals surface area contributed by atoms with Gasteiger partial charge in [-0.3, -0.25) is 0 Å². The van der Waals surface area contributed by atoms with Gasteiger partial charge in [0.15, 0.2) is 0 Å². The molecular weight excluding hydrogens is 220 g/mol. The SMILES string of the molecule is Cc1ccc2cc(C(N)C3CCCN3)ccc2c1. The second kappa shape index (κ2) is 4.71. The third-order valence-corrected chi connectivity index (χ3v) is 3.94. The molecule has 2 nitrogen and oxygen atoms in total. The average molecular weight is 240 g/mol. The quantitative estimate of drug-likeness (QED) is 0.847. The highest BCUT2D eigenvalue weighted by atomic mass is 15.0. The molecule has 3 rings (SSSR count). The Kier molecular flexibility index (Phi) is 3.06. The molecule has 0 spiro atoms. The lowest BCUT2D eigenvalue weighted by Gasteiger charge is -2.20. The van der Waals surface area contributed by atoms with E-state index in [1.54, 1.807) is 0 Å². The van der Waals surface area contributed by atoms with E-state index in [2.05, 4.69) is 48.6 Å². The fourth-order valence-corrected chi connectivity index (χ4v) is 2.84. The maximum absolute atomic E-state index is 6.36. The van der Waals surface area contributed by atoms with Crippen LogP contribution in [-0.2, 0) is 0 Å². The summed E-state index contributed by atoms with van der Waals surface area (Å²) in [5.74, 6) is 0. The standard InChI is InChI=1S/C16H20N2/c1-11-4-5-13-10-14(7-6-12(13)9-11)16(17)15-3-2-8-18-15/h4-7,9-10,15-16,18H,2-3,8,17H2,1H3. The number of aryl methyl sites for hydroxylation is 1. The molecule has 2 aromatic rings. The maximum Gasteiger partial charge on any atom is 0.0451 e. The van der Waals surface area contributed by atoms with Gasteiger partial charge in [0, 0.05) is 12.1 Å². The number of hydrogen-bond donors (Lipinski definition) is 2. The van der Waals surface area contributed by atoms with Crippen LogP contribution in [0.1, 0.15) is 30.0 Å². The summed E-state index contributed by atoms with van der Waals surface area (Å²) in [5.41, 5.74) is 8.90. The van der Waals surface area contributed by atoms with E-state index in [-0.39, 0.29) is 6.04 Å². The predicted molar refractivity (Wildman–Crippen MR) is 76.6 cm³/mol. The normalized spacial score (nSPS) is 21.3. The number of hydrogen-bond acceptors (Lipinski definition) is 2. The molecule has 2 atom stereocenters. The smallest absolute Gasteiger partial charge is 0.0451 e. The molecule has 0 aliphatic carbocycles. The van der Waals surface area contributed by atoms with Gasteiger partial charge in [0.1, 0.15) is 0 Å². The van der Waals surface area contributed by atoms with E-state index in [1.807, 2.05) is 0 Å². The summed E-state index contributed by atoms with van der Waals surface area (Å²) < 4.78 is 0. The molecule has 1 aliphatic rings. The van der Waals surface area contributed by atoms with E-state index >= 15 is 0 Å². The van der Waals surface area contributed by atoms with Crippen molar-refractivity contribution in [3.05, 3.63) is 47.5 Å². The zero-order valence-corrected chi connectivity index (χ0v) is 10.8. The molecule has 1 heterocycles. The first-order valence-electron chi connectivity index (χ1n) is 6.73. The van der Waals surface area contributed by atoms with Crippen LogP contribution in [-0.4, -0.2) is 12.6 Å². The second-order valence-corrected chi connectivity index (χ2v) is 5.34. The molecule has 18 heavy (non-hydrogen) atoms. The first kappa shape index (κ1) is 11.7. The van der Waals surface area contributed by atoms with Crippen LogP contribution in [0.4, 0.5) is 0 Å². The predicted octanol–water partition coefficient (Wildman–Crippen LogP) is 2.90. The molecule has 1 saturated heterocycles. The highest BCUT2D eigenvalue weighted by Gasteiger charge is 2.22. The molecule has 3 N–H and O–H groups in total. The molecule has 0 aromatic heterocycles. The summed E-state index contributed by atoms with van der Waals surface area (Å²) in [6.45, 7) is 3.23. The largest absolute Gasteiger partial charge is 0.323 e. The first-order chi connectivity index (χ1) is 8.74. The minimum Gasteiger partial charge on any atom is -0.323 e. The summed E-state index contributed by atoms with van der Waals surface area (Å²) >= 11 is 0. The molecule has 1 fully saturated rings. The highest BCUT2D eigenvalue weighted by Crippen LogP contribution is 2.25. The molecule has 2 aromatic carbocycles. The Hall–Kier alpha value is -1.38. The Balaban J connectivity index is 1.94. The lowest BCUT2D eigenvalue weighted by atomic mass is 9.96. The molecule has 2 heteroatoms. The lowest BCUT2D eigenvalue weighted by molar-refractivity contribution is 0.501. The van der Waals surface area contributed by atoms with Gasteiger partial charge in [-0.25, -0.2) is 0 Å². The Morgan fingerprint density at radius 3 is 2.72 bits per heavy atom. The lowest BCUT2D eigenvalue weighted by Crippen LogP contribution is -2.34. The summed E-state index contributed by atoms with van der Waals surface area (Å²) in [7, 11) is 0. The van der Waals surface area contributed by atoms with E-state index in [0.717, 1.165) is 6.54 Å². The molecule has 94 valence electrons. The fraction of sp³-hybridized carbons (Fsp3) is 0.375. The number of nitrogens with two attached hydrogens (primary N) is 1. The van der Waals surface area contributed by atoms with E-state index in [0.29, 0.717) is 6.04 Å². The van der Waals surface area contributed by atoms with Crippen molar-refractivity contribution in [1.29, 1.82) is 0 Å². The van der Waals surface area contributed by atoms with Gasteiger partial charge < -0.3 is 11.1 Å². The van der Waals surface area contributed by atoms with Crippen molar-refractivity contribution < 1.29 is 0 Å². The monoisotopic (exact) mass is 240 g/mol. The maximum atomic E-state index is 6.36. The minimum atomic E-state index is 0.109. The van der Waals surface area contributed by atoms with Gasteiger partial charge in [-0.15, -0.1) is 0 Å². The van der Waals surface area contributed by atoms with Crippen LogP contribution in [0.3, 0.4) is 0 Å². The highest BCUT2D eigenvalue weighted by molar-refractivity contribution is 5.83. The van der Waals surface area contributed by atoms with Crippen LogP contribution in [0.15, 0.2) is 36.4 Å². The summed E-state index contributed by atoms with van der Waals surface area (Å²) in [6, 6.07) is 13.7. The van der Waals surface area contributed by atoms with Crippen molar-refractivity contribution in [3.63, 3.8) is 0 Å². The summed E-state index contributed by atoms with van der Waals surface area (Å²) in [6.07, 6.45) is 2.43. The van der Waals surface area contributed by atoms with E-state index in [1.165, 1.54) is 34.7 Å². The van der Waals surface area contributed by atoms with Crippen molar-refractivity contribution in [3.8, 4) is 0 Å². The first-order valence-corrected chi connectivity index (χ1v) is 6.73.